The van der Waals surface area contributed by atoms with Crippen LogP contribution in [-0.2, 0) is 4.79 Å². The maximum Gasteiger partial charge on any atom is 0.225 e. The van der Waals surface area contributed by atoms with E-state index in [1.165, 1.54) is 18.2 Å². The van der Waals surface area contributed by atoms with Crippen LogP contribution < -0.4 is 16.2 Å². The standard InChI is InChI=1S/C17H26ClFN4O/c1-11-14(12(2)22-21-11)6-8-23(3)9-7-17(24)20-13-4-5-16(19)15(18)10-13/h4-5,10-12,14,21-22H,6-9H2,1-3H3,(H,20,24). The van der Waals surface area contributed by atoms with Gasteiger partial charge >= 0.3 is 0 Å². The van der Waals surface area contributed by atoms with Crippen LogP contribution in [0.4, 0.5) is 10.1 Å². The summed E-state index contributed by atoms with van der Waals surface area (Å²) in [6, 6.07) is 5.09. The maximum atomic E-state index is 13.1. The van der Waals surface area contributed by atoms with Gasteiger partial charge in [-0.15, -0.1) is 0 Å². The molecule has 2 atom stereocenters. The van der Waals surface area contributed by atoms with E-state index in [0.717, 1.165) is 13.0 Å². The Morgan fingerprint density at radius 1 is 1.29 bits per heavy atom. The Hall–Kier alpha value is -1.21. The minimum absolute atomic E-state index is 0.00643. The van der Waals surface area contributed by atoms with Crippen molar-refractivity contribution in [2.45, 2.75) is 38.8 Å². The summed E-state index contributed by atoms with van der Waals surface area (Å²) in [6.45, 7) is 5.99. The fourth-order valence-corrected chi connectivity index (χ4v) is 3.16. The van der Waals surface area contributed by atoms with Crippen LogP contribution in [-0.4, -0.2) is 43.0 Å². The largest absolute Gasteiger partial charge is 0.326 e. The predicted octanol–water partition coefficient (Wildman–Crippen LogP) is 2.63. The Bertz CT molecular complexity index is 562. The van der Waals surface area contributed by atoms with Gasteiger partial charge in [0, 0.05) is 30.7 Å². The van der Waals surface area contributed by atoms with E-state index in [9.17, 15) is 9.18 Å². The van der Waals surface area contributed by atoms with Crippen molar-refractivity contribution >= 4 is 23.2 Å². The molecule has 24 heavy (non-hydrogen) atoms. The van der Waals surface area contributed by atoms with Gasteiger partial charge < -0.3 is 10.2 Å². The second-order valence-electron chi connectivity index (χ2n) is 6.55. The van der Waals surface area contributed by atoms with E-state index < -0.39 is 5.82 Å². The van der Waals surface area contributed by atoms with Gasteiger partial charge in [-0.25, -0.2) is 4.39 Å². The third-order valence-corrected chi connectivity index (χ3v) is 4.88. The third kappa shape index (κ3) is 5.41. The number of carbonyl (C=O) groups excluding carboxylic acids is 1. The fourth-order valence-electron chi connectivity index (χ4n) is 2.98. The lowest BCUT2D eigenvalue weighted by Gasteiger charge is -2.22. The molecule has 1 heterocycles. The number of nitrogens with zero attached hydrogens (tertiary/aromatic N) is 1. The minimum Gasteiger partial charge on any atom is -0.326 e. The number of hydrazine groups is 1. The van der Waals surface area contributed by atoms with Crippen LogP contribution in [0.3, 0.4) is 0 Å². The van der Waals surface area contributed by atoms with Crippen molar-refractivity contribution in [3.8, 4) is 0 Å². The zero-order chi connectivity index (χ0) is 17.7. The van der Waals surface area contributed by atoms with Crippen LogP contribution >= 0.6 is 11.6 Å². The molecule has 1 aromatic rings. The lowest BCUT2D eigenvalue weighted by molar-refractivity contribution is -0.116. The van der Waals surface area contributed by atoms with E-state index in [-0.39, 0.29) is 10.9 Å². The molecule has 0 spiro atoms. The highest BCUT2D eigenvalue weighted by atomic mass is 35.5. The zero-order valence-electron chi connectivity index (χ0n) is 14.4. The maximum absolute atomic E-state index is 13.1. The number of rotatable bonds is 7. The second kappa shape index (κ2) is 8.76. The summed E-state index contributed by atoms with van der Waals surface area (Å²) in [4.78, 5) is 14.1. The van der Waals surface area contributed by atoms with Crippen LogP contribution in [0.1, 0.15) is 26.7 Å². The summed E-state index contributed by atoms with van der Waals surface area (Å²) in [5.74, 6) is -0.00755. The molecule has 0 aromatic heterocycles. The first-order chi connectivity index (χ1) is 11.4. The highest BCUT2D eigenvalue weighted by molar-refractivity contribution is 6.31. The number of hydrogen-bond donors (Lipinski definition) is 3. The summed E-state index contributed by atoms with van der Waals surface area (Å²) in [7, 11) is 2.02. The van der Waals surface area contributed by atoms with Gasteiger partial charge in [-0.05, 0) is 58.0 Å². The van der Waals surface area contributed by atoms with Crippen molar-refractivity contribution in [3.63, 3.8) is 0 Å². The van der Waals surface area contributed by atoms with Gasteiger partial charge in [0.2, 0.25) is 5.91 Å². The van der Waals surface area contributed by atoms with Crippen molar-refractivity contribution in [1.82, 2.24) is 15.8 Å². The molecule has 1 aliphatic heterocycles. The van der Waals surface area contributed by atoms with Crippen molar-refractivity contribution in [2.24, 2.45) is 5.92 Å². The van der Waals surface area contributed by atoms with Crippen molar-refractivity contribution in [1.29, 1.82) is 0 Å². The van der Waals surface area contributed by atoms with Crippen LogP contribution in [0.2, 0.25) is 5.02 Å². The molecule has 0 bridgehead atoms. The topological polar surface area (TPSA) is 56.4 Å². The minimum atomic E-state index is -0.492. The molecule has 1 amide bonds. The molecular formula is C17H26ClFN4O. The molecule has 134 valence electrons. The Morgan fingerprint density at radius 3 is 2.58 bits per heavy atom. The van der Waals surface area contributed by atoms with Crippen molar-refractivity contribution < 1.29 is 9.18 Å². The molecule has 1 aromatic carbocycles. The van der Waals surface area contributed by atoms with Gasteiger partial charge in [0.05, 0.1) is 5.02 Å². The number of halogens is 2. The quantitative estimate of drug-likeness (QED) is 0.703. The van der Waals surface area contributed by atoms with Gasteiger partial charge in [-0.2, -0.15) is 0 Å². The molecule has 1 saturated heterocycles. The van der Waals surface area contributed by atoms with Gasteiger partial charge in [0.15, 0.2) is 0 Å². The van der Waals surface area contributed by atoms with Crippen molar-refractivity contribution in [2.75, 3.05) is 25.5 Å². The average Bonchev–Trinajstić information content (AvgIpc) is 2.85. The molecule has 7 heteroatoms. The number of benzene rings is 1. The normalized spacial score (nSPS) is 23.7. The predicted molar refractivity (Wildman–Crippen MR) is 95.5 cm³/mol. The van der Waals surface area contributed by atoms with Gasteiger partial charge in [0.25, 0.3) is 0 Å². The number of carbonyl (C=O) groups is 1. The third-order valence-electron chi connectivity index (χ3n) is 4.59. The first kappa shape index (κ1) is 19.1. The van der Waals surface area contributed by atoms with Crippen LogP contribution in [0.25, 0.3) is 0 Å². The molecule has 1 fully saturated rings. The lowest BCUT2D eigenvalue weighted by Crippen LogP contribution is -2.30. The monoisotopic (exact) mass is 356 g/mol. The van der Waals surface area contributed by atoms with E-state index in [1.807, 2.05) is 7.05 Å². The smallest absolute Gasteiger partial charge is 0.225 e. The number of amides is 1. The van der Waals surface area contributed by atoms with E-state index in [0.29, 0.717) is 36.7 Å². The molecule has 0 saturated carbocycles. The zero-order valence-corrected chi connectivity index (χ0v) is 15.2. The van der Waals surface area contributed by atoms with E-state index in [2.05, 4.69) is 34.9 Å². The van der Waals surface area contributed by atoms with Crippen LogP contribution in [0, 0.1) is 11.7 Å². The summed E-state index contributed by atoms with van der Waals surface area (Å²) in [5, 5.41) is 2.75. The van der Waals surface area contributed by atoms with E-state index in [4.69, 9.17) is 11.6 Å². The first-order valence-electron chi connectivity index (χ1n) is 8.31. The highest BCUT2D eigenvalue weighted by Crippen LogP contribution is 2.20. The molecule has 0 radical (unpaired) electrons. The Kier molecular flexibility index (Phi) is 6.98. The number of nitrogens with one attached hydrogen (secondary N) is 3. The molecule has 2 rings (SSSR count). The molecule has 5 nitrogen and oxygen atoms in total. The molecular weight excluding hydrogens is 331 g/mol. The van der Waals surface area contributed by atoms with Gasteiger partial charge in [0.1, 0.15) is 5.82 Å². The highest BCUT2D eigenvalue weighted by Gasteiger charge is 2.29. The first-order valence-corrected chi connectivity index (χ1v) is 8.69. The summed E-state index contributed by atoms with van der Waals surface area (Å²) in [5.41, 5.74) is 7.03. The summed E-state index contributed by atoms with van der Waals surface area (Å²) >= 11 is 5.71. The molecule has 3 N–H and O–H groups in total. The molecule has 2 unspecified atom stereocenters. The molecule has 1 aliphatic rings. The van der Waals surface area contributed by atoms with E-state index in [1.54, 1.807) is 0 Å². The Labute approximate surface area is 147 Å². The number of anilines is 1. The van der Waals surface area contributed by atoms with Crippen LogP contribution in [0.5, 0.6) is 0 Å². The lowest BCUT2D eigenvalue weighted by atomic mass is 9.93. The number of hydrogen-bond acceptors (Lipinski definition) is 4. The molecule has 0 aliphatic carbocycles. The Balaban J connectivity index is 1.70. The van der Waals surface area contributed by atoms with E-state index >= 15 is 0 Å². The second-order valence-corrected chi connectivity index (χ2v) is 6.96. The van der Waals surface area contributed by atoms with Gasteiger partial charge in [-0.1, -0.05) is 11.6 Å². The summed E-state index contributed by atoms with van der Waals surface area (Å²) < 4.78 is 13.1. The fraction of sp³-hybridized carbons (Fsp3) is 0.588. The average molecular weight is 357 g/mol. The SMILES string of the molecule is CC1NNC(C)C1CCN(C)CCC(=O)Nc1ccc(F)c(Cl)c1. The Morgan fingerprint density at radius 2 is 1.96 bits per heavy atom. The van der Waals surface area contributed by atoms with Crippen LogP contribution in [0.15, 0.2) is 18.2 Å². The van der Waals surface area contributed by atoms with Crippen molar-refractivity contribution in [3.05, 3.63) is 29.0 Å². The summed E-state index contributed by atoms with van der Waals surface area (Å²) in [6.07, 6.45) is 1.46. The van der Waals surface area contributed by atoms with Gasteiger partial charge in [-0.3, -0.25) is 15.6 Å².